The molecule has 0 atom stereocenters. The van der Waals surface area contributed by atoms with Crippen molar-refractivity contribution in [1.82, 2.24) is 9.78 Å². The summed E-state index contributed by atoms with van der Waals surface area (Å²) in [6.45, 7) is 3.00. The molecule has 0 amide bonds. The van der Waals surface area contributed by atoms with E-state index < -0.39 is 16.0 Å². The number of aromatic nitrogens is 2. The molecule has 1 aliphatic heterocycles. The first-order chi connectivity index (χ1) is 12.9. The number of rotatable bonds is 7. The second kappa shape index (κ2) is 8.10. The molecule has 1 aliphatic rings. The molecular formula is C18H23N3O5S. The molecule has 2 heterocycles. The Labute approximate surface area is 158 Å². The molecule has 0 radical (unpaired) electrons. The number of hydrogen-bond donors (Lipinski definition) is 1. The van der Waals surface area contributed by atoms with E-state index in [1.807, 2.05) is 6.92 Å². The molecule has 0 saturated carbocycles. The summed E-state index contributed by atoms with van der Waals surface area (Å²) in [4.78, 5) is 11.1. The molecule has 1 aromatic heterocycles. The van der Waals surface area contributed by atoms with Crippen molar-refractivity contribution in [3.8, 4) is 0 Å². The highest BCUT2D eigenvalue weighted by molar-refractivity contribution is 7.92. The number of carboxylic acids is 1. The third-order valence-electron chi connectivity index (χ3n) is 4.58. The van der Waals surface area contributed by atoms with Crippen LogP contribution in [0, 0.1) is 6.92 Å². The van der Waals surface area contributed by atoms with Crippen molar-refractivity contribution in [3.05, 3.63) is 42.2 Å². The van der Waals surface area contributed by atoms with E-state index in [0.29, 0.717) is 18.9 Å². The minimum atomic E-state index is -3.93. The fraction of sp³-hybridized carbons (Fsp3) is 0.444. The second-order valence-corrected chi connectivity index (χ2v) is 8.42. The van der Waals surface area contributed by atoms with Gasteiger partial charge in [-0.25, -0.2) is 8.42 Å². The van der Waals surface area contributed by atoms with Crippen molar-refractivity contribution in [3.63, 3.8) is 0 Å². The summed E-state index contributed by atoms with van der Waals surface area (Å²) in [6, 6.07) is 7.05. The molecule has 1 fully saturated rings. The molecule has 0 spiro atoms. The lowest BCUT2D eigenvalue weighted by molar-refractivity contribution is -0.136. The Morgan fingerprint density at radius 2 is 1.96 bits per heavy atom. The van der Waals surface area contributed by atoms with E-state index in [-0.39, 0.29) is 23.9 Å². The van der Waals surface area contributed by atoms with Gasteiger partial charge in [0.2, 0.25) is 0 Å². The molecule has 1 N–H and O–H groups in total. The zero-order valence-electron chi connectivity index (χ0n) is 15.1. The Bertz CT molecular complexity index is 886. The highest BCUT2D eigenvalue weighted by Gasteiger charge is 2.28. The van der Waals surface area contributed by atoms with Crippen molar-refractivity contribution >= 4 is 21.7 Å². The molecule has 0 unspecified atom stereocenters. The molecule has 8 nitrogen and oxygen atoms in total. The van der Waals surface area contributed by atoms with Crippen LogP contribution in [0.15, 0.2) is 41.6 Å². The largest absolute Gasteiger partial charge is 0.481 e. The Hall–Kier alpha value is -2.39. The Kier molecular flexibility index (Phi) is 5.81. The number of aryl methyl sites for hydroxylation is 1. The molecular weight excluding hydrogens is 370 g/mol. The predicted octanol–water partition coefficient (Wildman–Crippen LogP) is 2.21. The number of anilines is 1. The van der Waals surface area contributed by atoms with E-state index >= 15 is 0 Å². The normalized spacial score (nSPS) is 15.6. The van der Waals surface area contributed by atoms with Crippen molar-refractivity contribution in [2.45, 2.75) is 37.1 Å². The number of carbonyl (C=O) groups is 1. The van der Waals surface area contributed by atoms with Crippen LogP contribution in [0.4, 0.5) is 5.69 Å². The summed E-state index contributed by atoms with van der Waals surface area (Å²) >= 11 is 0. The first kappa shape index (κ1) is 19.4. The monoisotopic (exact) mass is 393 g/mol. The smallest absolute Gasteiger partial charge is 0.305 e. The van der Waals surface area contributed by atoms with Gasteiger partial charge in [0.15, 0.2) is 0 Å². The molecule has 0 aliphatic carbocycles. The van der Waals surface area contributed by atoms with Gasteiger partial charge in [-0.05, 0) is 31.9 Å². The fourth-order valence-corrected chi connectivity index (χ4v) is 4.43. The van der Waals surface area contributed by atoms with E-state index in [2.05, 4.69) is 5.10 Å². The van der Waals surface area contributed by atoms with Crippen LogP contribution in [0.2, 0.25) is 0 Å². The quantitative estimate of drug-likeness (QED) is 0.774. The van der Waals surface area contributed by atoms with Crippen LogP contribution in [0.25, 0.3) is 0 Å². The average molecular weight is 393 g/mol. The van der Waals surface area contributed by atoms with Gasteiger partial charge in [0, 0.05) is 26.0 Å². The lowest BCUT2D eigenvalue weighted by Crippen LogP contribution is -2.33. The van der Waals surface area contributed by atoms with Crippen molar-refractivity contribution < 1.29 is 23.1 Å². The number of benzene rings is 1. The van der Waals surface area contributed by atoms with Crippen LogP contribution in [-0.2, 0) is 19.6 Å². The van der Waals surface area contributed by atoms with Crippen molar-refractivity contribution in [1.29, 1.82) is 0 Å². The summed E-state index contributed by atoms with van der Waals surface area (Å²) in [5.41, 5.74) is 1.42. The lowest BCUT2D eigenvalue weighted by Gasteiger charge is -2.24. The van der Waals surface area contributed by atoms with Gasteiger partial charge >= 0.3 is 5.97 Å². The number of sulfonamides is 1. The van der Waals surface area contributed by atoms with Crippen LogP contribution in [0.5, 0.6) is 0 Å². The topological polar surface area (TPSA) is 102 Å². The maximum Gasteiger partial charge on any atom is 0.305 e. The predicted molar refractivity (Wildman–Crippen MR) is 99.3 cm³/mol. The Morgan fingerprint density at radius 1 is 1.30 bits per heavy atom. The van der Waals surface area contributed by atoms with Crippen LogP contribution in [-0.4, -0.2) is 49.0 Å². The first-order valence-corrected chi connectivity index (χ1v) is 10.2. The third-order valence-corrected chi connectivity index (χ3v) is 6.36. The van der Waals surface area contributed by atoms with E-state index in [4.69, 9.17) is 9.84 Å². The van der Waals surface area contributed by atoms with Gasteiger partial charge in [-0.2, -0.15) is 5.10 Å². The first-order valence-electron chi connectivity index (χ1n) is 8.81. The molecule has 146 valence electrons. The Morgan fingerprint density at radius 3 is 2.59 bits per heavy atom. The highest BCUT2D eigenvalue weighted by atomic mass is 32.2. The van der Waals surface area contributed by atoms with Gasteiger partial charge < -0.3 is 9.84 Å². The van der Waals surface area contributed by atoms with Crippen molar-refractivity contribution in [2.75, 3.05) is 24.1 Å². The van der Waals surface area contributed by atoms with Crippen LogP contribution in [0.3, 0.4) is 0 Å². The average Bonchev–Trinajstić information content (AvgIpc) is 3.15. The van der Waals surface area contributed by atoms with Gasteiger partial charge in [0.25, 0.3) is 10.0 Å². The number of nitrogens with zero attached hydrogens (tertiary/aromatic N) is 3. The second-order valence-electron chi connectivity index (χ2n) is 6.56. The highest BCUT2D eigenvalue weighted by Crippen LogP contribution is 2.26. The number of hydrogen-bond acceptors (Lipinski definition) is 5. The molecule has 0 bridgehead atoms. The number of ether oxygens (including phenoxy) is 1. The lowest BCUT2D eigenvalue weighted by atomic mass is 10.1. The standard InChI is InChI=1S/C18H23N3O5S/c1-14-2-4-16(5-3-14)21(9-6-18(22)23)27(24,25)17-12-19-20(13-17)15-7-10-26-11-8-15/h2-5,12-13,15H,6-11H2,1H3,(H,22,23). The summed E-state index contributed by atoms with van der Waals surface area (Å²) in [5.74, 6) is -1.06. The van der Waals surface area contributed by atoms with E-state index in [1.54, 1.807) is 28.9 Å². The maximum atomic E-state index is 13.2. The molecule has 3 rings (SSSR count). The molecule has 2 aromatic rings. The summed E-state index contributed by atoms with van der Waals surface area (Å²) in [7, 11) is -3.93. The van der Waals surface area contributed by atoms with E-state index in [1.165, 1.54) is 12.4 Å². The molecule has 27 heavy (non-hydrogen) atoms. The van der Waals surface area contributed by atoms with E-state index in [9.17, 15) is 13.2 Å². The van der Waals surface area contributed by atoms with Gasteiger partial charge in [0.05, 0.1) is 24.3 Å². The number of carboxylic acid groups (broad SMARTS) is 1. The minimum absolute atomic E-state index is 0.0555. The van der Waals surface area contributed by atoms with Gasteiger partial charge in [0.1, 0.15) is 4.90 Å². The maximum absolute atomic E-state index is 13.2. The van der Waals surface area contributed by atoms with Gasteiger partial charge in [-0.3, -0.25) is 13.8 Å². The third kappa shape index (κ3) is 4.48. The zero-order chi connectivity index (χ0) is 19.4. The van der Waals surface area contributed by atoms with E-state index in [0.717, 1.165) is 22.7 Å². The molecule has 9 heteroatoms. The zero-order valence-corrected chi connectivity index (χ0v) is 15.9. The minimum Gasteiger partial charge on any atom is -0.481 e. The fourth-order valence-electron chi connectivity index (χ4n) is 3.03. The molecule has 1 aromatic carbocycles. The summed E-state index contributed by atoms with van der Waals surface area (Å²) in [5, 5.41) is 13.2. The molecule has 1 saturated heterocycles. The summed E-state index contributed by atoms with van der Waals surface area (Å²) < 4.78 is 34.5. The van der Waals surface area contributed by atoms with Crippen LogP contribution < -0.4 is 4.31 Å². The van der Waals surface area contributed by atoms with Gasteiger partial charge in [-0.1, -0.05) is 17.7 Å². The van der Waals surface area contributed by atoms with Gasteiger partial charge in [-0.15, -0.1) is 0 Å². The van der Waals surface area contributed by atoms with Crippen molar-refractivity contribution in [2.24, 2.45) is 0 Å². The summed E-state index contributed by atoms with van der Waals surface area (Å²) in [6.07, 6.45) is 4.12. The SMILES string of the molecule is Cc1ccc(N(CCC(=O)O)S(=O)(=O)c2cnn(C3CCOCC3)c2)cc1. The Balaban J connectivity index is 1.90. The number of aliphatic carboxylic acids is 1. The van der Waals surface area contributed by atoms with Crippen LogP contribution >= 0.6 is 0 Å². The van der Waals surface area contributed by atoms with Crippen LogP contribution in [0.1, 0.15) is 30.9 Å².